The topological polar surface area (TPSA) is 24.9 Å². The van der Waals surface area contributed by atoms with Crippen molar-refractivity contribution in [2.45, 2.75) is 39.7 Å². The lowest BCUT2D eigenvalue weighted by Gasteiger charge is -2.17. The van der Waals surface area contributed by atoms with Gasteiger partial charge in [0.25, 0.3) is 0 Å². The molecular weight excluding hydrogens is 172 g/mol. The van der Waals surface area contributed by atoms with E-state index in [1.165, 1.54) is 17.7 Å². The molecule has 0 aromatic carbocycles. The van der Waals surface area contributed by atoms with Crippen LogP contribution in [0.2, 0.25) is 0 Å². The third-order valence-corrected chi connectivity index (χ3v) is 2.43. The molecule has 0 aliphatic carbocycles. The average Bonchev–Trinajstić information content (AvgIpc) is 2.21. The molecule has 1 rings (SSSR count). The molecule has 0 fully saturated rings. The Morgan fingerprint density at radius 1 is 1.43 bits per heavy atom. The predicted molar refractivity (Wildman–Crippen MR) is 60.3 cm³/mol. The number of rotatable bonds is 5. The van der Waals surface area contributed by atoms with Crippen LogP contribution in [0.25, 0.3) is 0 Å². The van der Waals surface area contributed by atoms with Gasteiger partial charge in [0.05, 0.1) is 5.69 Å². The fourth-order valence-corrected chi connectivity index (χ4v) is 1.62. The third kappa shape index (κ3) is 2.81. The summed E-state index contributed by atoms with van der Waals surface area (Å²) in [6, 6.07) is 4.53. The second-order valence-corrected chi connectivity index (χ2v) is 3.62. The first-order valence-corrected chi connectivity index (χ1v) is 5.44. The van der Waals surface area contributed by atoms with Crippen LogP contribution in [0.5, 0.6) is 0 Å². The van der Waals surface area contributed by atoms with E-state index in [4.69, 9.17) is 0 Å². The zero-order valence-electron chi connectivity index (χ0n) is 9.38. The maximum absolute atomic E-state index is 4.44. The molecule has 0 saturated heterocycles. The maximum Gasteiger partial charge on any atom is 0.0602 e. The van der Waals surface area contributed by atoms with Gasteiger partial charge < -0.3 is 5.32 Å². The molecule has 1 heterocycles. The summed E-state index contributed by atoms with van der Waals surface area (Å²) in [5.74, 6) is 0. The van der Waals surface area contributed by atoms with Gasteiger partial charge in [0, 0.05) is 12.2 Å². The molecule has 0 radical (unpaired) electrons. The standard InChI is InChI=1S/C12H20N2/c1-4-8-13-11(5-2)12-10(3)7-6-9-14-12/h6-7,9,11,13H,4-5,8H2,1-3H3. The number of aromatic nitrogens is 1. The van der Waals surface area contributed by atoms with Crippen molar-refractivity contribution in [3.05, 3.63) is 29.6 Å². The molecule has 0 aliphatic heterocycles. The lowest BCUT2D eigenvalue weighted by molar-refractivity contribution is 0.505. The molecule has 1 unspecified atom stereocenters. The summed E-state index contributed by atoms with van der Waals surface area (Å²) in [7, 11) is 0. The van der Waals surface area contributed by atoms with E-state index in [0.29, 0.717) is 6.04 Å². The first-order chi connectivity index (χ1) is 6.79. The summed E-state index contributed by atoms with van der Waals surface area (Å²) in [6.07, 6.45) is 4.14. The lowest BCUT2D eigenvalue weighted by atomic mass is 10.1. The monoisotopic (exact) mass is 192 g/mol. The highest BCUT2D eigenvalue weighted by molar-refractivity contribution is 5.20. The maximum atomic E-state index is 4.44. The number of hydrogen-bond acceptors (Lipinski definition) is 2. The van der Waals surface area contributed by atoms with Gasteiger partial charge in [-0.3, -0.25) is 4.98 Å². The molecule has 1 aromatic heterocycles. The molecule has 0 bridgehead atoms. The van der Waals surface area contributed by atoms with E-state index in [1.807, 2.05) is 12.3 Å². The van der Waals surface area contributed by atoms with Crippen LogP contribution < -0.4 is 5.32 Å². The van der Waals surface area contributed by atoms with Crippen molar-refractivity contribution in [3.8, 4) is 0 Å². The Kier molecular flexibility index (Phi) is 4.60. The highest BCUT2D eigenvalue weighted by Gasteiger charge is 2.10. The van der Waals surface area contributed by atoms with Crippen LogP contribution in [-0.4, -0.2) is 11.5 Å². The van der Waals surface area contributed by atoms with Crippen LogP contribution in [0.1, 0.15) is 44.0 Å². The number of hydrogen-bond donors (Lipinski definition) is 1. The fourth-order valence-electron chi connectivity index (χ4n) is 1.62. The van der Waals surface area contributed by atoms with Crippen LogP contribution in [-0.2, 0) is 0 Å². The molecule has 78 valence electrons. The molecule has 0 aliphatic rings. The predicted octanol–water partition coefficient (Wildman–Crippen LogP) is 2.84. The van der Waals surface area contributed by atoms with Crippen LogP contribution in [0, 0.1) is 6.92 Å². The Hall–Kier alpha value is -0.890. The van der Waals surface area contributed by atoms with E-state index < -0.39 is 0 Å². The van der Waals surface area contributed by atoms with Crippen molar-refractivity contribution in [2.75, 3.05) is 6.54 Å². The molecule has 0 saturated carbocycles. The zero-order chi connectivity index (χ0) is 10.4. The number of nitrogens with zero attached hydrogens (tertiary/aromatic N) is 1. The van der Waals surface area contributed by atoms with Gasteiger partial charge in [-0.1, -0.05) is 19.9 Å². The Labute approximate surface area is 86.8 Å². The minimum Gasteiger partial charge on any atom is -0.309 e. The van der Waals surface area contributed by atoms with Crippen molar-refractivity contribution in [1.29, 1.82) is 0 Å². The molecular formula is C12H20N2. The van der Waals surface area contributed by atoms with Gasteiger partial charge in [0.2, 0.25) is 0 Å². The summed E-state index contributed by atoms with van der Waals surface area (Å²) in [5, 5.41) is 3.51. The first-order valence-electron chi connectivity index (χ1n) is 5.44. The summed E-state index contributed by atoms with van der Waals surface area (Å²) in [5.41, 5.74) is 2.48. The highest BCUT2D eigenvalue weighted by atomic mass is 14.9. The molecule has 14 heavy (non-hydrogen) atoms. The van der Waals surface area contributed by atoms with Crippen LogP contribution in [0.4, 0.5) is 0 Å². The summed E-state index contributed by atoms with van der Waals surface area (Å²) < 4.78 is 0. The molecule has 1 aromatic rings. The first kappa shape index (κ1) is 11.2. The molecule has 2 nitrogen and oxygen atoms in total. The molecule has 1 atom stereocenters. The quantitative estimate of drug-likeness (QED) is 0.776. The van der Waals surface area contributed by atoms with E-state index in [2.05, 4.69) is 37.1 Å². The fraction of sp³-hybridized carbons (Fsp3) is 0.583. The van der Waals surface area contributed by atoms with Gasteiger partial charge in [-0.05, 0) is 37.9 Å². The van der Waals surface area contributed by atoms with E-state index in [9.17, 15) is 0 Å². The van der Waals surface area contributed by atoms with E-state index in [0.717, 1.165) is 13.0 Å². The largest absolute Gasteiger partial charge is 0.309 e. The van der Waals surface area contributed by atoms with Gasteiger partial charge in [0.1, 0.15) is 0 Å². The van der Waals surface area contributed by atoms with Gasteiger partial charge in [-0.15, -0.1) is 0 Å². The second kappa shape index (κ2) is 5.76. The van der Waals surface area contributed by atoms with Gasteiger partial charge in [0.15, 0.2) is 0 Å². The third-order valence-electron chi connectivity index (χ3n) is 2.43. The zero-order valence-corrected chi connectivity index (χ0v) is 9.38. The van der Waals surface area contributed by atoms with Crippen molar-refractivity contribution in [2.24, 2.45) is 0 Å². The Morgan fingerprint density at radius 3 is 2.79 bits per heavy atom. The Bertz CT molecular complexity index is 271. The summed E-state index contributed by atoms with van der Waals surface area (Å²) in [4.78, 5) is 4.44. The summed E-state index contributed by atoms with van der Waals surface area (Å²) >= 11 is 0. The Balaban J connectivity index is 2.73. The van der Waals surface area contributed by atoms with Gasteiger partial charge >= 0.3 is 0 Å². The van der Waals surface area contributed by atoms with Gasteiger partial charge in [-0.2, -0.15) is 0 Å². The van der Waals surface area contributed by atoms with Crippen molar-refractivity contribution < 1.29 is 0 Å². The van der Waals surface area contributed by atoms with Crippen LogP contribution >= 0.6 is 0 Å². The van der Waals surface area contributed by atoms with E-state index in [-0.39, 0.29) is 0 Å². The highest BCUT2D eigenvalue weighted by Crippen LogP contribution is 2.17. The molecule has 1 N–H and O–H groups in total. The van der Waals surface area contributed by atoms with E-state index >= 15 is 0 Å². The summed E-state index contributed by atoms with van der Waals surface area (Å²) in [6.45, 7) is 7.57. The Morgan fingerprint density at radius 2 is 2.21 bits per heavy atom. The molecule has 2 heteroatoms. The smallest absolute Gasteiger partial charge is 0.0602 e. The van der Waals surface area contributed by atoms with Crippen LogP contribution in [0.15, 0.2) is 18.3 Å². The van der Waals surface area contributed by atoms with Crippen molar-refractivity contribution in [1.82, 2.24) is 10.3 Å². The SMILES string of the molecule is CCCNC(CC)c1ncccc1C. The number of aryl methyl sites for hydroxylation is 1. The minimum absolute atomic E-state index is 0.413. The van der Waals surface area contributed by atoms with Crippen LogP contribution in [0.3, 0.4) is 0 Å². The number of pyridine rings is 1. The van der Waals surface area contributed by atoms with Crippen molar-refractivity contribution >= 4 is 0 Å². The minimum atomic E-state index is 0.413. The normalized spacial score (nSPS) is 12.8. The second-order valence-electron chi connectivity index (χ2n) is 3.62. The average molecular weight is 192 g/mol. The van der Waals surface area contributed by atoms with Gasteiger partial charge in [-0.25, -0.2) is 0 Å². The van der Waals surface area contributed by atoms with Crippen molar-refractivity contribution in [3.63, 3.8) is 0 Å². The molecule has 0 amide bonds. The van der Waals surface area contributed by atoms with E-state index in [1.54, 1.807) is 0 Å². The molecule has 0 spiro atoms. The number of nitrogens with one attached hydrogen (secondary N) is 1. The lowest BCUT2D eigenvalue weighted by Crippen LogP contribution is -2.23.